The van der Waals surface area contributed by atoms with Crippen molar-refractivity contribution in [2.45, 2.75) is 27.7 Å². The van der Waals surface area contributed by atoms with E-state index in [1.54, 1.807) is 0 Å². The lowest BCUT2D eigenvalue weighted by Gasteiger charge is -2.19. The maximum atomic E-state index is 11.5. The van der Waals surface area contributed by atoms with Gasteiger partial charge in [-0.1, -0.05) is 131 Å². The van der Waals surface area contributed by atoms with Gasteiger partial charge in [-0.3, -0.25) is 0 Å². The Balaban J connectivity index is 1.34. The van der Waals surface area contributed by atoms with Crippen molar-refractivity contribution in [3.8, 4) is 56.9 Å². The number of aromatic nitrogens is 2. The van der Waals surface area contributed by atoms with Gasteiger partial charge in [-0.15, -0.1) is 0 Å². The van der Waals surface area contributed by atoms with Crippen LogP contribution in [-0.4, -0.2) is 9.13 Å². The molecule has 0 fully saturated rings. The minimum atomic E-state index is 0.555. The lowest BCUT2D eigenvalue weighted by molar-refractivity contribution is 1.12. The number of rotatable bonds is 5. The molecule has 2 aromatic heterocycles. The first-order valence-electron chi connectivity index (χ1n) is 19.6. The molecule has 0 spiro atoms. The second-order valence-corrected chi connectivity index (χ2v) is 15.6. The third-order valence-electron chi connectivity index (χ3n) is 11.5. The van der Waals surface area contributed by atoms with Crippen LogP contribution in [0.3, 0.4) is 0 Å². The molecule has 8 aromatic carbocycles. The lowest BCUT2D eigenvalue weighted by atomic mass is 9.98. The predicted molar refractivity (Wildman–Crippen MR) is 240 cm³/mol. The first-order chi connectivity index (χ1) is 28.3. The van der Waals surface area contributed by atoms with Crippen molar-refractivity contribution >= 4 is 43.6 Å². The number of nitriles is 2. The molecule has 4 heteroatoms. The number of aryl methyl sites for hydroxylation is 4. The summed E-state index contributed by atoms with van der Waals surface area (Å²) in [6.07, 6.45) is 0. The molecule has 0 saturated heterocycles. The molecule has 4 nitrogen and oxygen atoms in total. The SMILES string of the molecule is Cc1cc(C)cc(-c2ccc3c4ccccc4n(-c4cc(-c5cccc(C#N)c5)cc(-n5c6ccccc6c6ccc(-c7cc(C)cc(C)c7)cc65)c4C#N)c3c2)c1. The third kappa shape index (κ3) is 5.66. The van der Waals surface area contributed by atoms with Crippen LogP contribution < -0.4 is 0 Å². The number of nitrogens with zero attached hydrogens (tertiary/aromatic N) is 4. The van der Waals surface area contributed by atoms with Crippen LogP contribution in [0, 0.1) is 50.4 Å². The van der Waals surface area contributed by atoms with Crippen molar-refractivity contribution < 1.29 is 0 Å². The van der Waals surface area contributed by atoms with Crippen LogP contribution in [0.5, 0.6) is 0 Å². The molecule has 58 heavy (non-hydrogen) atoms. The van der Waals surface area contributed by atoms with Gasteiger partial charge in [-0.05, 0) is 110 Å². The molecule has 0 bridgehead atoms. The van der Waals surface area contributed by atoms with E-state index < -0.39 is 0 Å². The highest BCUT2D eigenvalue weighted by atomic mass is 15.0. The van der Waals surface area contributed by atoms with Crippen LogP contribution in [-0.2, 0) is 0 Å². The zero-order valence-corrected chi connectivity index (χ0v) is 32.8. The molecular weight excluding hydrogens is 705 g/mol. The summed E-state index contributed by atoms with van der Waals surface area (Å²) in [5.41, 5.74) is 18.0. The molecular formula is C54H38N4. The molecule has 0 atom stereocenters. The van der Waals surface area contributed by atoms with E-state index in [2.05, 4.69) is 182 Å². The van der Waals surface area contributed by atoms with Gasteiger partial charge in [-0.25, -0.2) is 0 Å². The van der Waals surface area contributed by atoms with E-state index in [4.69, 9.17) is 0 Å². The predicted octanol–water partition coefficient (Wildman–Crippen LogP) is 13.9. The summed E-state index contributed by atoms with van der Waals surface area (Å²) in [6.45, 7) is 8.55. The van der Waals surface area contributed by atoms with Crippen molar-refractivity contribution in [2.24, 2.45) is 0 Å². The molecule has 2 heterocycles. The fourth-order valence-electron chi connectivity index (χ4n) is 9.12. The van der Waals surface area contributed by atoms with Crippen molar-refractivity contribution in [3.05, 3.63) is 191 Å². The quantitative estimate of drug-likeness (QED) is 0.176. The van der Waals surface area contributed by atoms with Gasteiger partial charge in [0.05, 0.1) is 45.1 Å². The van der Waals surface area contributed by atoms with Gasteiger partial charge in [0, 0.05) is 21.5 Å². The Bertz CT molecular complexity index is 3180. The Morgan fingerprint density at radius 2 is 0.776 bits per heavy atom. The van der Waals surface area contributed by atoms with Crippen LogP contribution in [0.4, 0.5) is 0 Å². The zero-order chi connectivity index (χ0) is 39.7. The number of para-hydroxylation sites is 2. The average molecular weight is 743 g/mol. The van der Waals surface area contributed by atoms with Crippen molar-refractivity contribution in [1.29, 1.82) is 10.5 Å². The van der Waals surface area contributed by atoms with Crippen molar-refractivity contribution in [2.75, 3.05) is 0 Å². The van der Waals surface area contributed by atoms with E-state index >= 15 is 0 Å². The number of benzene rings is 8. The van der Waals surface area contributed by atoms with Gasteiger partial charge in [0.1, 0.15) is 11.6 Å². The van der Waals surface area contributed by atoms with E-state index in [9.17, 15) is 10.5 Å². The highest BCUT2D eigenvalue weighted by molar-refractivity contribution is 6.12. The fourth-order valence-corrected chi connectivity index (χ4v) is 9.12. The Hall–Kier alpha value is -7.66. The van der Waals surface area contributed by atoms with Gasteiger partial charge in [-0.2, -0.15) is 10.5 Å². The Kier molecular flexibility index (Phi) is 8.11. The minimum Gasteiger partial charge on any atom is -0.308 e. The second kappa shape index (κ2) is 13.5. The molecule has 0 aliphatic rings. The molecule has 0 N–H and O–H groups in total. The first kappa shape index (κ1) is 34.8. The fraction of sp³-hybridized carbons (Fsp3) is 0.0741. The molecule has 10 rings (SSSR count). The smallest absolute Gasteiger partial charge is 0.104 e. The van der Waals surface area contributed by atoms with Crippen LogP contribution in [0.15, 0.2) is 158 Å². The number of hydrogen-bond acceptors (Lipinski definition) is 2. The Morgan fingerprint density at radius 3 is 1.24 bits per heavy atom. The van der Waals surface area contributed by atoms with Gasteiger partial charge < -0.3 is 9.13 Å². The Morgan fingerprint density at radius 1 is 0.345 bits per heavy atom. The maximum absolute atomic E-state index is 11.5. The summed E-state index contributed by atoms with van der Waals surface area (Å²) in [4.78, 5) is 0. The highest BCUT2D eigenvalue weighted by Crippen LogP contribution is 2.42. The zero-order valence-electron chi connectivity index (χ0n) is 32.8. The van der Waals surface area contributed by atoms with Crippen LogP contribution in [0.1, 0.15) is 33.4 Å². The lowest BCUT2D eigenvalue weighted by Crippen LogP contribution is -2.05. The van der Waals surface area contributed by atoms with E-state index in [1.807, 2.05) is 24.3 Å². The molecule has 0 amide bonds. The molecule has 0 saturated carbocycles. The molecule has 274 valence electrons. The van der Waals surface area contributed by atoms with E-state index in [1.165, 1.54) is 22.3 Å². The molecule has 10 aromatic rings. The van der Waals surface area contributed by atoms with E-state index in [-0.39, 0.29) is 0 Å². The summed E-state index contributed by atoms with van der Waals surface area (Å²) in [5.74, 6) is 0. The second-order valence-electron chi connectivity index (χ2n) is 15.6. The summed E-state index contributed by atoms with van der Waals surface area (Å²) in [6, 6.07) is 60.7. The van der Waals surface area contributed by atoms with Gasteiger partial charge >= 0.3 is 0 Å². The van der Waals surface area contributed by atoms with E-state index in [0.29, 0.717) is 11.1 Å². The van der Waals surface area contributed by atoms with Gasteiger partial charge in [0.25, 0.3) is 0 Å². The Labute approximate surface area is 337 Å². The molecule has 0 unspecified atom stereocenters. The molecule has 0 aliphatic carbocycles. The number of fused-ring (bicyclic) bond motifs is 6. The highest BCUT2D eigenvalue weighted by Gasteiger charge is 2.23. The average Bonchev–Trinajstić information content (AvgIpc) is 3.74. The monoisotopic (exact) mass is 742 g/mol. The summed E-state index contributed by atoms with van der Waals surface area (Å²) >= 11 is 0. The van der Waals surface area contributed by atoms with Gasteiger partial charge in [0.2, 0.25) is 0 Å². The molecule has 0 aliphatic heterocycles. The third-order valence-corrected chi connectivity index (χ3v) is 11.5. The van der Waals surface area contributed by atoms with Crippen LogP contribution in [0.2, 0.25) is 0 Å². The minimum absolute atomic E-state index is 0.555. The maximum Gasteiger partial charge on any atom is 0.104 e. The largest absolute Gasteiger partial charge is 0.308 e. The number of hydrogen-bond donors (Lipinski definition) is 0. The van der Waals surface area contributed by atoms with E-state index in [0.717, 1.165) is 88.4 Å². The standard InChI is InChI=1S/C54H38N4/c1-33-20-34(2)23-41(22-33)39-16-18-46-44-12-5-7-14-49(44)57(51(46)27-39)53-29-43(38-11-9-10-37(26-38)31-55)30-54(48(53)32-56)58-50-15-8-6-13-45(50)47-19-17-40(28-52(47)58)42-24-35(3)21-36(4)25-42/h5-30H,1-4H3. The van der Waals surface area contributed by atoms with Crippen LogP contribution >= 0.6 is 0 Å². The van der Waals surface area contributed by atoms with Gasteiger partial charge in [0.15, 0.2) is 0 Å². The summed E-state index contributed by atoms with van der Waals surface area (Å²) in [5, 5.41) is 25.9. The topological polar surface area (TPSA) is 57.4 Å². The normalized spacial score (nSPS) is 11.4. The summed E-state index contributed by atoms with van der Waals surface area (Å²) in [7, 11) is 0. The first-order valence-corrected chi connectivity index (χ1v) is 19.6. The summed E-state index contributed by atoms with van der Waals surface area (Å²) < 4.78 is 4.54. The van der Waals surface area contributed by atoms with Crippen LogP contribution in [0.25, 0.3) is 88.4 Å². The molecule has 0 radical (unpaired) electrons. The van der Waals surface area contributed by atoms with Crippen molar-refractivity contribution in [3.63, 3.8) is 0 Å². The van der Waals surface area contributed by atoms with Crippen molar-refractivity contribution in [1.82, 2.24) is 9.13 Å².